The second-order valence-electron chi connectivity index (χ2n) is 5.32. The highest BCUT2D eigenvalue weighted by Gasteiger charge is 2.22. The van der Waals surface area contributed by atoms with Gasteiger partial charge in [0.15, 0.2) is 5.65 Å². The fourth-order valence-electron chi connectivity index (χ4n) is 2.29. The summed E-state index contributed by atoms with van der Waals surface area (Å²) >= 11 is 0. The lowest BCUT2D eigenvalue weighted by Gasteiger charge is -2.15. The Morgan fingerprint density at radius 3 is 2.77 bits per heavy atom. The Morgan fingerprint density at radius 1 is 1.41 bits per heavy atom. The van der Waals surface area contributed by atoms with Gasteiger partial charge in [0.2, 0.25) is 0 Å². The molecule has 1 amide bonds. The molecule has 0 radical (unpaired) electrons. The molecular formula is C15H20N4O3. The van der Waals surface area contributed by atoms with Gasteiger partial charge in [-0.1, -0.05) is 19.8 Å². The molecule has 22 heavy (non-hydrogen) atoms. The zero-order valence-corrected chi connectivity index (χ0v) is 13.0. The van der Waals surface area contributed by atoms with E-state index in [0.717, 1.165) is 18.5 Å². The van der Waals surface area contributed by atoms with Crippen molar-refractivity contribution in [2.24, 2.45) is 0 Å². The number of hydrogen-bond acceptors (Lipinski definition) is 4. The molecule has 0 spiro atoms. The number of nitrogens with zero attached hydrogens (tertiary/aromatic N) is 3. The molecule has 1 atom stereocenters. The molecule has 7 heteroatoms. The molecule has 0 saturated carbocycles. The van der Waals surface area contributed by atoms with Crippen LogP contribution in [0, 0.1) is 13.8 Å². The highest BCUT2D eigenvalue weighted by molar-refractivity contribution is 5.97. The molecule has 0 bridgehead atoms. The van der Waals surface area contributed by atoms with E-state index in [1.807, 2.05) is 19.9 Å². The first kappa shape index (κ1) is 15.9. The van der Waals surface area contributed by atoms with Crippen molar-refractivity contribution in [3.63, 3.8) is 0 Å². The number of carboxylic acid groups (broad SMARTS) is 1. The van der Waals surface area contributed by atoms with Crippen LogP contribution in [-0.4, -0.2) is 37.6 Å². The Bertz CT molecular complexity index is 708. The van der Waals surface area contributed by atoms with E-state index in [1.54, 1.807) is 11.4 Å². The number of aliphatic carboxylic acids is 1. The molecule has 2 heterocycles. The quantitative estimate of drug-likeness (QED) is 0.847. The minimum atomic E-state index is -1.02. The van der Waals surface area contributed by atoms with E-state index in [-0.39, 0.29) is 0 Å². The van der Waals surface area contributed by atoms with E-state index >= 15 is 0 Å². The molecule has 0 saturated heterocycles. The van der Waals surface area contributed by atoms with Crippen LogP contribution in [0.1, 0.15) is 47.9 Å². The molecule has 0 aliphatic carbocycles. The third kappa shape index (κ3) is 3.24. The van der Waals surface area contributed by atoms with Crippen molar-refractivity contribution in [3.05, 3.63) is 29.2 Å². The van der Waals surface area contributed by atoms with Gasteiger partial charge in [-0.25, -0.2) is 14.3 Å². The molecule has 7 nitrogen and oxygen atoms in total. The predicted octanol–water partition coefficient (Wildman–Crippen LogP) is 1.72. The second kappa shape index (κ2) is 6.55. The molecule has 0 aliphatic heterocycles. The normalized spacial score (nSPS) is 12.3. The molecule has 0 aromatic carbocycles. The van der Waals surface area contributed by atoms with Crippen molar-refractivity contribution < 1.29 is 14.7 Å². The van der Waals surface area contributed by atoms with Crippen LogP contribution >= 0.6 is 0 Å². The first-order valence-corrected chi connectivity index (χ1v) is 7.29. The summed E-state index contributed by atoms with van der Waals surface area (Å²) in [4.78, 5) is 27.8. The van der Waals surface area contributed by atoms with Gasteiger partial charge in [-0.2, -0.15) is 5.10 Å². The molecule has 0 fully saturated rings. The number of hydrogen-bond donors (Lipinski definition) is 2. The standard InChI is InChI=1S/C15H20N4O3/c1-4-5-6-12(15(21)22)17-14(20)11-8-16-13-7-9(2)18-19(13)10(11)3/h7-8,12H,4-6H2,1-3H3,(H,17,20)(H,21,22). The molecule has 118 valence electrons. The summed E-state index contributed by atoms with van der Waals surface area (Å²) in [5.41, 5.74) is 2.43. The lowest BCUT2D eigenvalue weighted by molar-refractivity contribution is -0.139. The van der Waals surface area contributed by atoms with Crippen LogP contribution in [0.3, 0.4) is 0 Å². The summed E-state index contributed by atoms with van der Waals surface area (Å²) in [5.74, 6) is -1.47. The van der Waals surface area contributed by atoms with Crippen LogP contribution in [0.4, 0.5) is 0 Å². The van der Waals surface area contributed by atoms with Crippen molar-refractivity contribution in [3.8, 4) is 0 Å². The van der Waals surface area contributed by atoms with E-state index in [4.69, 9.17) is 0 Å². The first-order valence-electron chi connectivity index (χ1n) is 7.29. The highest BCUT2D eigenvalue weighted by atomic mass is 16.4. The number of rotatable bonds is 6. The van der Waals surface area contributed by atoms with Gasteiger partial charge >= 0.3 is 5.97 Å². The minimum Gasteiger partial charge on any atom is -0.480 e. The maximum atomic E-state index is 12.3. The van der Waals surface area contributed by atoms with Crippen LogP contribution < -0.4 is 5.32 Å². The van der Waals surface area contributed by atoms with Gasteiger partial charge in [0.1, 0.15) is 6.04 Å². The Kier molecular flexibility index (Phi) is 4.75. The van der Waals surface area contributed by atoms with Gasteiger partial charge in [-0.3, -0.25) is 4.79 Å². The van der Waals surface area contributed by atoms with Gasteiger partial charge in [0.05, 0.1) is 17.0 Å². The summed E-state index contributed by atoms with van der Waals surface area (Å²) in [5, 5.41) is 16.0. The molecule has 0 aliphatic rings. The van der Waals surface area contributed by atoms with Gasteiger partial charge in [0, 0.05) is 12.3 Å². The van der Waals surface area contributed by atoms with Crippen molar-refractivity contribution in [1.29, 1.82) is 0 Å². The third-order valence-corrected chi connectivity index (χ3v) is 3.54. The Labute approximate surface area is 128 Å². The van der Waals surface area contributed by atoms with Crippen molar-refractivity contribution >= 4 is 17.5 Å². The third-order valence-electron chi connectivity index (χ3n) is 3.54. The zero-order chi connectivity index (χ0) is 16.3. The fraction of sp³-hybridized carbons (Fsp3) is 0.467. The predicted molar refractivity (Wildman–Crippen MR) is 80.9 cm³/mol. The number of aryl methyl sites for hydroxylation is 2. The maximum Gasteiger partial charge on any atom is 0.326 e. The second-order valence-corrected chi connectivity index (χ2v) is 5.32. The largest absolute Gasteiger partial charge is 0.480 e. The van der Waals surface area contributed by atoms with Crippen molar-refractivity contribution in [2.45, 2.75) is 46.1 Å². The van der Waals surface area contributed by atoms with E-state index in [2.05, 4.69) is 15.4 Å². The number of unbranched alkanes of at least 4 members (excludes halogenated alkanes) is 1. The number of aromatic nitrogens is 3. The lowest BCUT2D eigenvalue weighted by atomic mass is 10.1. The summed E-state index contributed by atoms with van der Waals surface area (Å²) in [6, 6.07) is 0.928. The zero-order valence-electron chi connectivity index (χ0n) is 13.0. The van der Waals surface area contributed by atoms with Gasteiger partial charge < -0.3 is 10.4 Å². The Hall–Kier alpha value is -2.44. The summed E-state index contributed by atoms with van der Waals surface area (Å²) in [7, 11) is 0. The van der Waals surface area contributed by atoms with E-state index < -0.39 is 17.9 Å². The molecular weight excluding hydrogens is 284 g/mol. The molecule has 2 N–H and O–H groups in total. The van der Waals surface area contributed by atoms with Gasteiger partial charge in [-0.15, -0.1) is 0 Å². The molecule has 2 aromatic rings. The lowest BCUT2D eigenvalue weighted by Crippen LogP contribution is -2.41. The number of carboxylic acids is 1. The van der Waals surface area contributed by atoms with Crippen LogP contribution in [-0.2, 0) is 4.79 Å². The average Bonchev–Trinajstić information content (AvgIpc) is 2.84. The molecule has 2 rings (SSSR count). The monoisotopic (exact) mass is 304 g/mol. The molecule has 2 aromatic heterocycles. The summed E-state index contributed by atoms with van der Waals surface area (Å²) in [6.07, 6.45) is 3.48. The SMILES string of the molecule is CCCCC(NC(=O)c1cnc2cc(C)nn2c1C)C(=O)O. The maximum absolute atomic E-state index is 12.3. The first-order chi connectivity index (χ1) is 10.4. The topological polar surface area (TPSA) is 96.6 Å². The number of fused-ring (bicyclic) bond motifs is 1. The summed E-state index contributed by atoms with van der Waals surface area (Å²) < 4.78 is 1.59. The van der Waals surface area contributed by atoms with Gasteiger partial charge in [-0.05, 0) is 20.3 Å². The highest BCUT2D eigenvalue weighted by Crippen LogP contribution is 2.12. The number of amides is 1. The van der Waals surface area contributed by atoms with Crippen molar-refractivity contribution in [2.75, 3.05) is 0 Å². The van der Waals surface area contributed by atoms with Crippen LogP contribution in [0.25, 0.3) is 5.65 Å². The molecule has 1 unspecified atom stereocenters. The number of nitrogens with one attached hydrogen (secondary N) is 1. The van der Waals surface area contributed by atoms with Crippen LogP contribution in [0.2, 0.25) is 0 Å². The van der Waals surface area contributed by atoms with E-state index in [1.165, 1.54) is 6.20 Å². The van der Waals surface area contributed by atoms with Gasteiger partial charge in [0.25, 0.3) is 5.91 Å². The average molecular weight is 304 g/mol. The van der Waals surface area contributed by atoms with Crippen LogP contribution in [0.15, 0.2) is 12.3 Å². The van der Waals surface area contributed by atoms with Crippen molar-refractivity contribution in [1.82, 2.24) is 19.9 Å². The Morgan fingerprint density at radius 2 is 2.14 bits per heavy atom. The number of carbonyl (C=O) groups excluding carboxylic acids is 1. The fourth-order valence-corrected chi connectivity index (χ4v) is 2.29. The van der Waals surface area contributed by atoms with Crippen LogP contribution in [0.5, 0.6) is 0 Å². The smallest absolute Gasteiger partial charge is 0.326 e. The summed E-state index contributed by atoms with van der Waals surface area (Å²) in [6.45, 7) is 5.58. The van der Waals surface area contributed by atoms with E-state index in [9.17, 15) is 14.7 Å². The number of carbonyl (C=O) groups is 2. The minimum absolute atomic E-state index is 0.332. The van der Waals surface area contributed by atoms with E-state index in [0.29, 0.717) is 23.3 Å². The Balaban J connectivity index is 2.24.